The summed E-state index contributed by atoms with van der Waals surface area (Å²) in [6, 6.07) is 15.4. The van der Waals surface area contributed by atoms with E-state index in [0.717, 1.165) is 10.0 Å². The Morgan fingerprint density at radius 3 is 2.61 bits per heavy atom. The molecule has 0 aliphatic heterocycles. The highest BCUT2D eigenvalue weighted by Crippen LogP contribution is 2.30. The Kier molecular flexibility index (Phi) is 6.26. The predicted octanol–water partition coefficient (Wildman–Crippen LogP) is 5.34. The van der Waals surface area contributed by atoms with Crippen molar-refractivity contribution < 1.29 is 14.0 Å². The van der Waals surface area contributed by atoms with Gasteiger partial charge in [0.15, 0.2) is 0 Å². The number of hydrogen-bond acceptors (Lipinski definition) is 3. The lowest BCUT2D eigenvalue weighted by Gasteiger charge is -2.16. The summed E-state index contributed by atoms with van der Waals surface area (Å²) >= 11 is 4.59. The molecular formula is C21H18BrFN2O2S. The van der Waals surface area contributed by atoms with E-state index in [4.69, 9.17) is 0 Å². The number of thiophene rings is 1. The molecular weight excluding hydrogens is 443 g/mol. The van der Waals surface area contributed by atoms with Gasteiger partial charge in [-0.15, -0.1) is 11.3 Å². The van der Waals surface area contributed by atoms with Gasteiger partial charge in [0.2, 0.25) is 5.91 Å². The molecule has 1 aromatic heterocycles. The van der Waals surface area contributed by atoms with Crippen molar-refractivity contribution in [1.29, 1.82) is 0 Å². The van der Waals surface area contributed by atoms with Gasteiger partial charge in [0, 0.05) is 27.6 Å². The highest BCUT2D eigenvalue weighted by Gasteiger charge is 2.18. The number of halogens is 2. The lowest BCUT2D eigenvalue weighted by atomic mass is 10.2. The smallest absolute Gasteiger partial charge is 0.264 e. The minimum Gasteiger partial charge on any atom is -0.332 e. The molecule has 0 bridgehead atoms. The lowest BCUT2D eigenvalue weighted by Crippen LogP contribution is -2.34. The zero-order valence-electron chi connectivity index (χ0n) is 15.3. The van der Waals surface area contributed by atoms with Crippen molar-refractivity contribution in [2.24, 2.45) is 0 Å². The van der Waals surface area contributed by atoms with E-state index in [2.05, 4.69) is 21.2 Å². The van der Waals surface area contributed by atoms with Crippen molar-refractivity contribution in [3.05, 3.63) is 75.3 Å². The quantitative estimate of drug-likeness (QED) is 0.558. The van der Waals surface area contributed by atoms with Gasteiger partial charge in [0.05, 0.1) is 11.4 Å². The number of hydrogen-bond donors (Lipinski definition) is 1. The largest absolute Gasteiger partial charge is 0.332 e. The summed E-state index contributed by atoms with van der Waals surface area (Å²) in [4.78, 5) is 27.4. The molecule has 144 valence electrons. The summed E-state index contributed by atoms with van der Waals surface area (Å²) in [7, 11) is 1.57. The number of carbonyl (C=O) groups is 2. The van der Waals surface area contributed by atoms with Crippen LogP contribution in [0.5, 0.6) is 0 Å². The molecule has 0 unspecified atom stereocenters. The summed E-state index contributed by atoms with van der Waals surface area (Å²) in [6.45, 7) is 1.81. The van der Waals surface area contributed by atoms with Crippen LogP contribution < -0.4 is 5.32 Å². The Hall–Kier alpha value is -2.51. The van der Waals surface area contributed by atoms with Crippen LogP contribution in [0.15, 0.2) is 59.1 Å². The van der Waals surface area contributed by atoms with Crippen LogP contribution >= 0.6 is 27.3 Å². The number of anilines is 1. The first-order chi connectivity index (χ1) is 13.3. The topological polar surface area (TPSA) is 49.4 Å². The second-order valence-corrected chi connectivity index (χ2v) is 8.31. The van der Waals surface area contributed by atoms with E-state index < -0.39 is 0 Å². The predicted molar refractivity (Wildman–Crippen MR) is 114 cm³/mol. The van der Waals surface area contributed by atoms with Gasteiger partial charge < -0.3 is 10.2 Å². The number of carbonyl (C=O) groups excluding carboxylic acids is 2. The van der Waals surface area contributed by atoms with Crippen molar-refractivity contribution in [3.63, 3.8) is 0 Å². The highest BCUT2D eigenvalue weighted by molar-refractivity contribution is 9.10. The van der Waals surface area contributed by atoms with E-state index in [0.29, 0.717) is 21.0 Å². The van der Waals surface area contributed by atoms with Crippen LogP contribution in [0, 0.1) is 12.7 Å². The normalized spacial score (nSPS) is 10.6. The maximum absolute atomic E-state index is 13.9. The Labute approximate surface area is 175 Å². The van der Waals surface area contributed by atoms with E-state index in [-0.39, 0.29) is 24.2 Å². The van der Waals surface area contributed by atoms with Crippen LogP contribution in [-0.2, 0) is 4.79 Å². The number of likely N-dealkylation sites (N-methyl/N-ethyl adjacent to an activating group) is 1. The fraction of sp³-hybridized carbons (Fsp3) is 0.143. The molecule has 1 heterocycles. The van der Waals surface area contributed by atoms with Gasteiger partial charge in [-0.3, -0.25) is 9.59 Å². The molecule has 0 radical (unpaired) electrons. The number of nitrogens with one attached hydrogen (secondary N) is 1. The highest BCUT2D eigenvalue weighted by atomic mass is 79.9. The first-order valence-electron chi connectivity index (χ1n) is 8.51. The van der Waals surface area contributed by atoms with E-state index in [1.54, 1.807) is 43.4 Å². The van der Waals surface area contributed by atoms with Gasteiger partial charge in [-0.1, -0.05) is 34.1 Å². The van der Waals surface area contributed by atoms with Crippen LogP contribution in [0.25, 0.3) is 10.4 Å². The van der Waals surface area contributed by atoms with Gasteiger partial charge in [-0.25, -0.2) is 4.39 Å². The van der Waals surface area contributed by atoms with Crippen molar-refractivity contribution in [1.82, 2.24) is 4.90 Å². The number of aryl methyl sites for hydroxylation is 1. The molecule has 0 fully saturated rings. The molecule has 0 saturated heterocycles. The third-order valence-corrected chi connectivity index (χ3v) is 5.75. The molecule has 3 aromatic rings. The fourth-order valence-electron chi connectivity index (χ4n) is 2.69. The standard InChI is InChI=1S/C21H18BrFN2O2S/c1-13-11-14(22)7-8-17(13)24-20(26)12-25(2)21(27)19-10-9-18(28-19)15-5-3-4-6-16(15)23/h3-11H,12H2,1-2H3,(H,24,26). The van der Waals surface area contributed by atoms with E-state index in [9.17, 15) is 14.0 Å². The summed E-state index contributed by atoms with van der Waals surface area (Å²) in [5, 5.41) is 2.81. The van der Waals surface area contributed by atoms with E-state index in [1.807, 2.05) is 19.1 Å². The van der Waals surface area contributed by atoms with Crippen LogP contribution in [-0.4, -0.2) is 30.3 Å². The Morgan fingerprint density at radius 1 is 1.14 bits per heavy atom. The van der Waals surface area contributed by atoms with Crippen LogP contribution in [0.2, 0.25) is 0 Å². The minimum atomic E-state index is -0.332. The second-order valence-electron chi connectivity index (χ2n) is 6.31. The SMILES string of the molecule is Cc1cc(Br)ccc1NC(=O)CN(C)C(=O)c1ccc(-c2ccccc2F)s1. The number of benzene rings is 2. The molecule has 1 N–H and O–H groups in total. The monoisotopic (exact) mass is 460 g/mol. The van der Waals surface area contributed by atoms with Crippen LogP contribution in [0.4, 0.5) is 10.1 Å². The van der Waals surface area contributed by atoms with Crippen molar-refractivity contribution in [3.8, 4) is 10.4 Å². The Balaban J connectivity index is 1.66. The van der Waals surface area contributed by atoms with Crippen LogP contribution in [0.3, 0.4) is 0 Å². The maximum Gasteiger partial charge on any atom is 0.264 e. The van der Waals surface area contributed by atoms with Crippen molar-refractivity contribution in [2.75, 3.05) is 18.9 Å². The number of amides is 2. The molecule has 0 atom stereocenters. The van der Waals surface area contributed by atoms with Crippen molar-refractivity contribution in [2.45, 2.75) is 6.92 Å². The molecule has 4 nitrogen and oxygen atoms in total. The molecule has 0 spiro atoms. The van der Waals surface area contributed by atoms with Gasteiger partial charge in [-0.05, 0) is 48.9 Å². The summed E-state index contributed by atoms with van der Waals surface area (Å²) in [5.41, 5.74) is 2.08. The first kappa shape index (κ1) is 20.2. The number of rotatable bonds is 5. The molecule has 0 saturated carbocycles. The molecule has 3 rings (SSSR count). The molecule has 0 aliphatic rings. The van der Waals surface area contributed by atoms with Crippen molar-refractivity contribution >= 4 is 44.8 Å². The first-order valence-corrected chi connectivity index (χ1v) is 10.1. The zero-order valence-corrected chi connectivity index (χ0v) is 17.7. The van der Waals surface area contributed by atoms with E-state index in [1.165, 1.54) is 22.3 Å². The molecule has 2 amide bonds. The maximum atomic E-state index is 13.9. The third kappa shape index (κ3) is 4.66. The fourth-order valence-corrected chi connectivity index (χ4v) is 4.19. The average Bonchev–Trinajstić information content (AvgIpc) is 3.13. The van der Waals surface area contributed by atoms with Gasteiger partial charge in [-0.2, -0.15) is 0 Å². The van der Waals surface area contributed by atoms with Crippen LogP contribution in [0.1, 0.15) is 15.2 Å². The second kappa shape index (κ2) is 8.67. The third-order valence-electron chi connectivity index (χ3n) is 4.15. The summed E-state index contributed by atoms with van der Waals surface area (Å²) in [5.74, 6) is -0.900. The number of nitrogens with zero attached hydrogens (tertiary/aromatic N) is 1. The van der Waals surface area contributed by atoms with Gasteiger partial charge in [0.1, 0.15) is 5.82 Å². The van der Waals surface area contributed by atoms with E-state index >= 15 is 0 Å². The van der Waals surface area contributed by atoms with Gasteiger partial charge in [0.25, 0.3) is 5.91 Å². The van der Waals surface area contributed by atoms with Gasteiger partial charge >= 0.3 is 0 Å². The minimum absolute atomic E-state index is 0.0821. The summed E-state index contributed by atoms with van der Waals surface area (Å²) < 4.78 is 14.9. The molecule has 2 aromatic carbocycles. The Bertz CT molecular complexity index is 1030. The zero-order chi connectivity index (χ0) is 20.3. The lowest BCUT2D eigenvalue weighted by molar-refractivity contribution is -0.116. The summed E-state index contributed by atoms with van der Waals surface area (Å²) in [6.07, 6.45) is 0. The molecule has 0 aliphatic carbocycles. The Morgan fingerprint density at radius 2 is 1.89 bits per heavy atom. The average molecular weight is 461 g/mol. The molecule has 28 heavy (non-hydrogen) atoms. The molecule has 7 heteroatoms.